The largest absolute Gasteiger partial charge is 0.445 e. The van der Waals surface area contributed by atoms with E-state index in [4.69, 9.17) is 15.2 Å². The van der Waals surface area contributed by atoms with Gasteiger partial charge in [0.1, 0.15) is 24.0 Å². The highest BCUT2D eigenvalue weighted by Gasteiger charge is 2.39. The predicted molar refractivity (Wildman–Crippen MR) is 132 cm³/mol. The van der Waals surface area contributed by atoms with E-state index < -0.39 is 6.09 Å². The molecule has 0 spiro atoms. The Labute approximate surface area is 205 Å². The minimum absolute atomic E-state index is 0.108. The van der Waals surface area contributed by atoms with Gasteiger partial charge in [0.15, 0.2) is 0 Å². The van der Waals surface area contributed by atoms with Crippen LogP contribution in [0.25, 0.3) is 6.08 Å². The first-order valence-corrected chi connectivity index (χ1v) is 12.4. The van der Waals surface area contributed by atoms with Gasteiger partial charge in [0, 0.05) is 20.9 Å². The van der Waals surface area contributed by atoms with Crippen molar-refractivity contribution >= 4 is 34.8 Å². The molecule has 0 unspecified atom stereocenters. The van der Waals surface area contributed by atoms with Crippen molar-refractivity contribution in [3.63, 3.8) is 0 Å². The van der Waals surface area contributed by atoms with E-state index in [1.807, 2.05) is 71.4 Å². The average Bonchev–Trinajstić information content (AvgIpc) is 3.57. The van der Waals surface area contributed by atoms with E-state index in [0.29, 0.717) is 17.9 Å². The number of carbonyl (C=O) groups is 1. The zero-order chi connectivity index (χ0) is 23.5. The number of hydrogen-bond acceptors (Lipinski definition) is 7. The first-order chi connectivity index (χ1) is 16.6. The van der Waals surface area contributed by atoms with E-state index in [9.17, 15) is 10.1 Å². The summed E-state index contributed by atoms with van der Waals surface area (Å²) in [6.07, 6.45) is 1.59. The molecule has 5 rings (SSSR count). The molecule has 170 valence electrons. The number of carbonyl (C=O) groups excluding carboxylic acids is 1. The lowest BCUT2D eigenvalue weighted by atomic mass is 9.84. The van der Waals surface area contributed by atoms with Gasteiger partial charge in [-0.1, -0.05) is 42.5 Å². The molecule has 2 aliphatic heterocycles. The van der Waals surface area contributed by atoms with Crippen LogP contribution in [0.4, 0.5) is 4.79 Å². The van der Waals surface area contributed by atoms with E-state index in [1.54, 1.807) is 27.6 Å². The van der Waals surface area contributed by atoms with Gasteiger partial charge in [0.05, 0.1) is 19.0 Å². The second kappa shape index (κ2) is 9.59. The summed E-state index contributed by atoms with van der Waals surface area (Å²) in [6.45, 7) is 0.787. The molecule has 34 heavy (non-hydrogen) atoms. The summed E-state index contributed by atoms with van der Waals surface area (Å²) in [4.78, 5) is 16.8. The van der Waals surface area contributed by atoms with Crippen LogP contribution in [0.5, 0.6) is 0 Å². The van der Waals surface area contributed by atoms with Gasteiger partial charge in [-0.15, -0.1) is 22.7 Å². The van der Waals surface area contributed by atoms with Gasteiger partial charge in [0.25, 0.3) is 0 Å². The number of ether oxygens (including phenoxy) is 2. The van der Waals surface area contributed by atoms with Crippen LogP contribution in [-0.2, 0) is 16.1 Å². The molecule has 0 aliphatic carbocycles. The van der Waals surface area contributed by atoms with Crippen LogP contribution in [0.1, 0.15) is 21.2 Å². The monoisotopic (exact) mass is 487 g/mol. The molecule has 2 aromatic heterocycles. The Hall–Kier alpha value is -3.80. The lowest BCUT2D eigenvalue weighted by molar-refractivity contribution is 0.0983. The van der Waals surface area contributed by atoms with Crippen molar-refractivity contribution in [1.29, 1.82) is 5.26 Å². The van der Waals surface area contributed by atoms with Gasteiger partial charge in [-0.3, -0.25) is 4.90 Å². The molecule has 2 N–H and O–H groups in total. The Kier molecular flexibility index (Phi) is 6.21. The van der Waals surface area contributed by atoms with E-state index >= 15 is 0 Å². The van der Waals surface area contributed by atoms with Crippen molar-refractivity contribution in [1.82, 2.24) is 4.90 Å². The molecule has 0 bridgehead atoms. The number of nitrogens with two attached hydrogens (primary N) is 1. The molecule has 3 aromatic rings. The molecular formula is C26H21N3O3S2. The van der Waals surface area contributed by atoms with E-state index in [0.717, 1.165) is 26.5 Å². The Morgan fingerprint density at radius 2 is 1.94 bits per heavy atom. The van der Waals surface area contributed by atoms with E-state index in [1.165, 1.54) is 0 Å². The molecular weight excluding hydrogens is 466 g/mol. The number of amides is 1. The number of nitrogens with zero attached hydrogens (tertiary/aromatic N) is 2. The summed E-state index contributed by atoms with van der Waals surface area (Å²) >= 11 is 3.14. The van der Waals surface area contributed by atoms with Crippen LogP contribution in [0.2, 0.25) is 0 Å². The molecule has 2 aliphatic rings. The van der Waals surface area contributed by atoms with Crippen molar-refractivity contribution in [3.05, 3.63) is 109 Å². The highest BCUT2D eigenvalue weighted by Crippen LogP contribution is 2.45. The molecule has 6 nitrogen and oxygen atoms in total. The molecule has 8 heteroatoms. The van der Waals surface area contributed by atoms with E-state index in [-0.39, 0.29) is 25.0 Å². The van der Waals surface area contributed by atoms with Crippen LogP contribution >= 0.6 is 22.7 Å². The molecule has 4 heterocycles. The van der Waals surface area contributed by atoms with Crippen molar-refractivity contribution in [2.75, 3.05) is 13.1 Å². The maximum absolute atomic E-state index is 13.1. The maximum Gasteiger partial charge on any atom is 0.410 e. The van der Waals surface area contributed by atoms with Crippen molar-refractivity contribution in [2.45, 2.75) is 12.5 Å². The quantitative estimate of drug-likeness (QED) is 0.517. The minimum Gasteiger partial charge on any atom is -0.445 e. The second-order valence-electron chi connectivity index (χ2n) is 7.88. The van der Waals surface area contributed by atoms with Gasteiger partial charge in [-0.2, -0.15) is 5.26 Å². The Morgan fingerprint density at radius 3 is 2.65 bits per heavy atom. The van der Waals surface area contributed by atoms with Crippen molar-refractivity contribution in [3.8, 4) is 6.07 Å². The fourth-order valence-electron chi connectivity index (χ4n) is 4.14. The molecule has 0 saturated carbocycles. The Balaban J connectivity index is 1.51. The molecule has 1 amide bonds. The first kappa shape index (κ1) is 22.0. The molecule has 1 aromatic carbocycles. The smallest absolute Gasteiger partial charge is 0.410 e. The first-order valence-electron chi connectivity index (χ1n) is 10.7. The van der Waals surface area contributed by atoms with Gasteiger partial charge in [0.2, 0.25) is 5.88 Å². The summed E-state index contributed by atoms with van der Waals surface area (Å²) in [5.74, 6) is 0.373. The maximum atomic E-state index is 13.1. The fourth-order valence-corrected chi connectivity index (χ4v) is 5.69. The standard InChI is InChI=1S/C26H21N3O3S2/c27-13-20-23(22-9-5-11-34-22)21-15-29(26(30)31-16-17-6-2-1-3-7-17)14-18(24(21)32-25(20)28)12-19-8-4-10-33-19/h1-12,23H,14-16,28H2/b18-12+/t23-/m1/s1. The average molecular weight is 488 g/mol. The summed E-state index contributed by atoms with van der Waals surface area (Å²) in [7, 11) is 0. The molecule has 1 atom stereocenters. The summed E-state index contributed by atoms with van der Waals surface area (Å²) in [5.41, 5.74) is 9.14. The zero-order valence-corrected chi connectivity index (χ0v) is 19.8. The van der Waals surface area contributed by atoms with Crippen molar-refractivity contribution in [2.24, 2.45) is 5.73 Å². The van der Waals surface area contributed by atoms with E-state index in [2.05, 4.69) is 6.07 Å². The van der Waals surface area contributed by atoms with Crippen LogP contribution in [-0.4, -0.2) is 24.1 Å². The Morgan fingerprint density at radius 1 is 1.15 bits per heavy atom. The predicted octanol–water partition coefficient (Wildman–Crippen LogP) is 5.61. The topological polar surface area (TPSA) is 88.6 Å². The summed E-state index contributed by atoms with van der Waals surface area (Å²) < 4.78 is 11.6. The van der Waals surface area contributed by atoms with Crippen LogP contribution in [0, 0.1) is 11.3 Å². The lowest BCUT2D eigenvalue weighted by Crippen LogP contribution is -2.41. The number of allylic oxidation sites excluding steroid dienone is 1. The third-order valence-corrected chi connectivity index (χ3v) is 7.45. The van der Waals surface area contributed by atoms with Gasteiger partial charge in [-0.25, -0.2) is 4.79 Å². The highest BCUT2D eigenvalue weighted by atomic mass is 32.1. The Bertz CT molecular complexity index is 1320. The number of nitriles is 1. The summed E-state index contributed by atoms with van der Waals surface area (Å²) in [6, 6.07) is 19.7. The van der Waals surface area contributed by atoms with Crippen molar-refractivity contribution < 1.29 is 14.3 Å². The van der Waals surface area contributed by atoms with Gasteiger partial charge >= 0.3 is 6.09 Å². The third kappa shape index (κ3) is 4.36. The number of benzene rings is 1. The second-order valence-corrected chi connectivity index (χ2v) is 9.83. The number of rotatable bonds is 4. The van der Waals surface area contributed by atoms with Crippen LogP contribution in [0.3, 0.4) is 0 Å². The number of hydrogen-bond donors (Lipinski definition) is 1. The van der Waals surface area contributed by atoms with Gasteiger partial charge < -0.3 is 15.2 Å². The highest BCUT2D eigenvalue weighted by molar-refractivity contribution is 7.10. The molecule has 0 saturated heterocycles. The zero-order valence-electron chi connectivity index (χ0n) is 18.1. The fraction of sp³-hybridized carbons (Fsp3) is 0.154. The normalized spacial score (nSPS) is 19.0. The third-order valence-electron chi connectivity index (χ3n) is 5.69. The SMILES string of the molecule is N#CC1=C(N)OC2=C(CN(C(=O)OCc3ccccc3)C/C2=C\c2cccs2)[C@@H]1c1cccs1. The number of thiophene rings is 2. The van der Waals surface area contributed by atoms with Crippen LogP contribution in [0.15, 0.2) is 93.7 Å². The minimum atomic E-state index is -0.418. The molecule has 0 fully saturated rings. The van der Waals surface area contributed by atoms with Crippen LogP contribution < -0.4 is 5.73 Å². The van der Waals surface area contributed by atoms with Gasteiger partial charge in [-0.05, 0) is 34.5 Å². The molecule has 0 radical (unpaired) electrons. The summed E-state index contributed by atoms with van der Waals surface area (Å²) in [5, 5.41) is 13.8. The lowest BCUT2D eigenvalue weighted by Gasteiger charge is -2.37.